The molecule has 0 spiro atoms. The maximum Gasteiger partial charge on any atom is 0.409 e. The average molecular weight is 577 g/mol. The fourth-order valence-electron chi connectivity index (χ4n) is 5.76. The van der Waals surface area contributed by atoms with E-state index in [4.69, 9.17) is 25.8 Å². The Hall–Kier alpha value is -3.10. The molecular formula is C26H30ClFN6O6. The molecule has 6 rings (SSSR count). The molecule has 6 atom stereocenters. The summed E-state index contributed by atoms with van der Waals surface area (Å²) in [5.74, 6) is 0.176. The van der Waals surface area contributed by atoms with Gasteiger partial charge in [0.25, 0.3) is 0 Å². The molecule has 1 amide bonds. The highest BCUT2D eigenvalue weighted by Gasteiger charge is 2.49. The Balaban J connectivity index is 1.35. The number of likely N-dealkylation sites (tertiary alicyclic amines) is 1. The van der Waals surface area contributed by atoms with Gasteiger partial charge in [-0.05, 0) is 32.4 Å². The van der Waals surface area contributed by atoms with Crippen LogP contribution >= 0.6 is 11.6 Å². The van der Waals surface area contributed by atoms with E-state index >= 15 is 4.39 Å². The van der Waals surface area contributed by atoms with Crippen LogP contribution in [0.4, 0.5) is 15.1 Å². The third-order valence-electron chi connectivity index (χ3n) is 7.72. The van der Waals surface area contributed by atoms with Crippen molar-refractivity contribution in [2.75, 3.05) is 32.1 Å². The molecule has 3 aliphatic rings. The number of fused-ring (bicyclic) bond motifs is 3. The molecule has 12 nitrogen and oxygen atoms in total. The van der Waals surface area contributed by atoms with E-state index in [1.807, 2.05) is 18.4 Å². The second kappa shape index (κ2) is 10.4. The smallest absolute Gasteiger partial charge is 0.409 e. The van der Waals surface area contributed by atoms with E-state index in [9.17, 15) is 15.0 Å². The number of imidazole rings is 1. The number of halogens is 2. The molecule has 5 heterocycles. The predicted octanol–water partition coefficient (Wildman–Crippen LogP) is 2.68. The van der Waals surface area contributed by atoms with Crippen molar-refractivity contribution in [3.8, 4) is 11.3 Å². The van der Waals surface area contributed by atoms with E-state index in [2.05, 4.69) is 20.3 Å². The zero-order valence-corrected chi connectivity index (χ0v) is 22.9. The largest absolute Gasteiger partial charge is 0.453 e. The standard InChI is InChI=1S/C26H30ClFN6O6/c1-11(2)34-16-7-13(6-15(28)19(16)30-23(34)12-4-5-33(9-12)26(37)38-3)18-14(27)8-29-25(31-18)32-20-21(35)17-10-39-24(40-17)22(20)36/h6-8,11-12,17,20-22,24,35-36H,4-5,9-10H2,1-3H3,(H,29,31,32)/t12-,17-,20-,21+,22+,24-/m1/s1. The number of rotatable bonds is 5. The molecule has 3 saturated heterocycles. The fourth-order valence-corrected chi connectivity index (χ4v) is 5.96. The van der Waals surface area contributed by atoms with E-state index < -0.39 is 42.6 Å². The number of aliphatic hydroxyl groups is 2. The predicted molar refractivity (Wildman–Crippen MR) is 141 cm³/mol. The van der Waals surface area contributed by atoms with Crippen molar-refractivity contribution in [1.29, 1.82) is 0 Å². The van der Waals surface area contributed by atoms with Gasteiger partial charge >= 0.3 is 6.09 Å². The highest BCUT2D eigenvalue weighted by atomic mass is 35.5. The highest BCUT2D eigenvalue weighted by molar-refractivity contribution is 6.33. The lowest BCUT2D eigenvalue weighted by molar-refractivity contribution is -0.186. The summed E-state index contributed by atoms with van der Waals surface area (Å²) < 4.78 is 33.2. The molecule has 3 aromatic rings. The molecular weight excluding hydrogens is 547 g/mol. The summed E-state index contributed by atoms with van der Waals surface area (Å²) in [5.41, 5.74) is 1.47. The van der Waals surface area contributed by atoms with Crippen LogP contribution in [0.15, 0.2) is 18.3 Å². The molecule has 3 N–H and O–H groups in total. The van der Waals surface area contributed by atoms with Crippen molar-refractivity contribution in [3.63, 3.8) is 0 Å². The normalized spacial score (nSPS) is 28.1. The Morgan fingerprint density at radius 2 is 2.08 bits per heavy atom. The van der Waals surface area contributed by atoms with Crippen LogP contribution in [0.25, 0.3) is 22.3 Å². The van der Waals surface area contributed by atoms with Gasteiger partial charge in [0.15, 0.2) is 12.1 Å². The number of aromatic nitrogens is 4. The SMILES string of the molecule is COC(=O)N1CC[C@@H](c2nc3c(F)cc(-c4nc(N[C@H]5[C@H](O)[C@@H]6OC[C@@H](O6)[C@@H]5O)ncc4Cl)cc3n2C(C)C)C1. The molecule has 0 saturated carbocycles. The second-order valence-electron chi connectivity index (χ2n) is 10.6. The molecule has 0 unspecified atom stereocenters. The first-order valence-corrected chi connectivity index (χ1v) is 13.5. The lowest BCUT2D eigenvalue weighted by atomic mass is 9.98. The highest BCUT2D eigenvalue weighted by Crippen LogP contribution is 2.37. The molecule has 1 aromatic carbocycles. The zero-order chi connectivity index (χ0) is 28.3. The first-order valence-electron chi connectivity index (χ1n) is 13.1. The molecule has 14 heteroatoms. The Morgan fingerprint density at radius 3 is 2.83 bits per heavy atom. The molecule has 0 radical (unpaired) electrons. The zero-order valence-electron chi connectivity index (χ0n) is 22.1. The minimum absolute atomic E-state index is 0.0472. The summed E-state index contributed by atoms with van der Waals surface area (Å²) in [6.07, 6.45) is -2.00. The Bertz CT molecular complexity index is 1440. The minimum atomic E-state index is -1.16. The lowest BCUT2D eigenvalue weighted by Gasteiger charge is -2.36. The van der Waals surface area contributed by atoms with E-state index in [-0.39, 0.29) is 40.7 Å². The molecule has 40 heavy (non-hydrogen) atoms. The van der Waals surface area contributed by atoms with Crippen molar-refractivity contribution in [3.05, 3.63) is 35.0 Å². The summed E-state index contributed by atoms with van der Waals surface area (Å²) in [5, 5.41) is 24.4. The summed E-state index contributed by atoms with van der Waals surface area (Å²) in [4.78, 5) is 27.0. The van der Waals surface area contributed by atoms with Crippen LogP contribution in [0, 0.1) is 5.82 Å². The summed E-state index contributed by atoms with van der Waals surface area (Å²) >= 11 is 6.48. The number of carbonyl (C=O) groups excluding carboxylic acids is 1. The lowest BCUT2D eigenvalue weighted by Crippen LogP contribution is -2.57. The third kappa shape index (κ3) is 4.55. The maximum absolute atomic E-state index is 15.6. The van der Waals surface area contributed by atoms with Crippen LogP contribution in [0.2, 0.25) is 5.02 Å². The van der Waals surface area contributed by atoms with Gasteiger partial charge in [-0.25, -0.2) is 24.1 Å². The van der Waals surface area contributed by atoms with Crippen molar-refractivity contribution in [2.24, 2.45) is 0 Å². The topological polar surface area (TPSA) is 144 Å². The van der Waals surface area contributed by atoms with Gasteiger partial charge in [-0.1, -0.05) is 11.6 Å². The van der Waals surface area contributed by atoms with E-state index in [1.165, 1.54) is 19.4 Å². The number of aliphatic hydroxyl groups excluding tert-OH is 2. The monoisotopic (exact) mass is 576 g/mol. The minimum Gasteiger partial charge on any atom is -0.453 e. The molecule has 0 aliphatic carbocycles. The first-order chi connectivity index (χ1) is 19.2. The molecule has 2 bridgehead atoms. The van der Waals surface area contributed by atoms with Crippen LogP contribution in [0.1, 0.15) is 38.1 Å². The quantitative estimate of drug-likeness (QED) is 0.414. The summed E-state index contributed by atoms with van der Waals surface area (Å²) in [6, 6.07) is 2.21. The Kier molecular flexibility index (Phi) is 7.03. The van der Waals surface area contributed by atoms with Crippen LogP contribution in [0.5, 0.6) is 0 Å². The number of carbonyl (C=O) groups is 1. The Morgan fingerprint density at radius 1 is 1.27 bits per heavy atom. The number of anilines is 1. The maximum atomic E-state index is 15.6. The number of nitrogens with one attached hydrogen (secondary N) is 1. The summed E-state index contributed by atoms with van der Waals surface area (Å²) in [6.45, 7) is 5.11. The number of hydrogen-bond donors (Lipinski definition) is 3. The van der Waals surface area contributed by atoms with E-state index in [0.717, 1.165) is 0 Å². The third-order valence-corrected chi connectivity index (χ3v) is 8.00. The van der Waals surface area contributed by atoms with Crippen LogP contribution in [-0.2, 0) is 14.2 Å². The number of nitrogens with zero attached hydrogens (tertiary/aromatic N) is 5. The van der Waals surface area contributed by atoms with Crippen LogP contribution in [-0.4, -0.2) is 98.2 Å². The number of methoxy groups -OCH3 is 1. The number of benzene rings is 1. The number of amides is 1. The Labute approximate surface area is 234 Å². The van der Waals surface area contributed by atoms with Gasteiger partial charge in [0.1, 0.15) is 29.7 Å². The summed E-state index contributed by atoms with van der Waals surface area (Å²) in [7, 11) is 1.35. The van der Waals surface area contributed by atoms with Crippen molar-refractivity contribution < 1.29 is 33.6 Å². The van der Waals surface area contributed by atoms with Crippen LogP contribution < -0.4 is 5.32 Å². The van der Waals surface area contributed by atoms with Gasteiger partial charge in [0, 0.05) is 30.6 Å². The van der Waals surface area contributed by atoms with Gasteiger partial charge in [-0.15, -0.1) is 0 Å². The van der Waals surface area contributed by atoms with Gasteiger partial charge < -0.3 is 39.2 Å². The molecule has 2 aromatic heterocycles. The first kappa shape index (κ1) is 27.1. The van der Waals surface area contributed by atoms with Crippen molar-refractivity contribution in [1.82, 2.24) is 24.4 Å². The van der Waals surface area contributed by atoms with Gasteiger partial charge in [-0.2, -0.15) is 0 Å². The molecule has 3 aliphatic heterocycles. The van der Waals surface area contributed by atoms with Crippen molar-refractivity contribution in [2.45, 2.75) is 62.9 Å². The number of ether oxygens (including phenoxy) is 3. The van der Waals surface area contributed by atoms with E-state index in [1.54, 1.807) is 11.0 Å². The van der Waals surface area contributed by atoms with Gasteiger partial charge in [0.2, 0.25) is 5.95 Å². The van der Waals surface area contributed by atoms with Crippen molar-refractivity contribution >= 4 is 34.7 Å². The molecule has 3 fully saturated rings. The van der Waals surface area contributed by atoms with Gasteiger partial charge in [0.05, 0.1) is 42.2 Å². The van der Waals surface area contributed by atoms with Gasteiger partial charge in [-0.3, -0.25) is 0 Å². The number of hydrogen-bond acceptors (Lipinski definition) is 10. The second-order valence-corrected chi connectivity index (χ2v) is 11.0. The van der Waals surface area contributed by atoms with Crippen LogP contribution in [0.3, 0.4) is 0 Å². The average Bonchev–Trinajstić information content (AvgIpc) is 3.68. The van der Waals surface area contributed by atoms with E-state index in [0.29, 0.717) is 36.4 Å². The fraction of sp³-hybridized carbons (Fsp3) is 0.538. The molecule has 214 valence electrons.